The summed E-state index contributed by atoms with van der Waals surface area (Å²) in [7, 11) is 0. The standard InChI is InChI=1S/C19H17N3O2S/c23-18(17-7-4-12-24-17)21-15-8-10-16(11-9-15)22-19(25)20-13-14-5-2-1-3-6-14/h1-12H,13H2,(H,21,23)(H2,20,22,25). The van der Waals surface area contributed by atoms with E-state index in [4.69, 9.17) is 16.6 Å². The van der Waals surface area contributed by atoms with E-state index in [1.807, 2.05) is 42.5 Å². The molecule has 0 bridgehead atoms. The number of hydrogen-bond donors (Lipinski definition) is 3. The predicted molar refractivity (Wildman–Crippen MR) is 103 cm³/mol. The number of carbonyl (C=O) groups excluding carboxylic acids is 1. The van der Waals surface area contributed by atoms with Crippen molar-refractivity contribution in [2.24, 2.45) is 0 Å². The average molecular weight is 351 g/mol. The summed E-state index contributed by atoms with van der Waals surface area (Å²) in [5, 5.41) is 9.56. The van der Waals surface area contributed by atoms with Gasteiger partial charge in [0.2, 0.25) is 0 Å². The third-order valence-electron chi connectivity index (χ3n) is 3.44. The fourth-order valence-electron chi connectivity index (χ4n) is 2.19. The van der Waals surface area contributed by atoms with Crippen LogP contribution < -0.4 is 16.0 Å². The molecule has 0 aliphatic rings. The number of thiocarbonyl (C=S) groups is 1. The Balaban J connectivity index is 1.50. The minimum atomic E-state index is -0.286. The third kappa shape index (κ3) is 4.92. The summed E-state index contributed by atoms with van der Waals surface area (Å²) in [5.74, 6) is -0.0146. The fourth-order valence-corrected chi connectivity index (χ4v) is 2.38. The zero-order valence-electron chi connectivity index (χ0n) is 13.4. The molecule has 0 atom stereocenters. The summed E-state index contributed by atoms with van der Waals surface area (Å²) < 4.78 is 5.06. The lowest BCUT2D eigenvalue weighted by atomic mass is 10.2. The Bertz CT molecular complexity index is 831. The quantitative estimate of drug-likeness (QED) is 0.606. The van der Waals surface area contributed by atoms with Crippen molar-refractivity contribution in [3.63, 3.8) is 0 Å². The van der Waals surface area contributed by atoms with E-state index in [2.05, 4.69) is 16.0 Å². The molecule has 3 rings (SSSR count). The number of furan rings is 1. The Hall–Kier alpha value is -3.12. The molecule has 1 heterocycles. The molecule has 0 radical (unpaired) electrons. The van der Waals surface area contributed by atoms with Crippen LogP contribution in [0.2, 0.25) is 0 Å². The zero-order valence-corrected chi connectivity index (χ0v) is 14.2. The lowest BCUT2D eigenvalue weighted by Crippen LogP contribution is -2.27. The highest BCUT2D eigenvalue weighted by molar-refractivity contribution is 7.80. The van der Waals surface area contributed by atoms with Crippen molar-refractivity contribution >= 4 is 34.6 Å². The summed E-state index contributed by atoms with van der Waals surface area (Å²) in [5.41, 5.74) is 2.67. The van der Waals surface area contributed by atoms with E-state index >= 15 is 0 Å². The first-order chi connectivity index (χ1) is 12.2. The smallest absolute Gasteiger partial charge is 0.291 e. The largest absolute Gasteiger partial charge is 0.459 e. The summed E-state index contributed by atoms with van der Waals surface area (Å²) >= 11 is 5.29. The van der Waals surface area contributed by atoms with Crippen molar-refractivity contribution < 1.29 is 9.21 Å². The van der Waals surface area contributed by atoms with Crippen LogP contribution in [0.4, 0.5) is 11.4 Å². The van der Waals surface area contributed by atoms with Crippen molar-refractivity contribution in [3.05, 3.63) is 84.3 Å². The molecule has 6 heteroatoms. The van der Waals surface area contributed by atoms with E-state index in [9.17, 15) is 4.79 Å². The minimum Gasteiger partial charge on any atom is -0.459 e. The van der Waals surface area contributed by atoms with E-state index in [1.54, 1.807) is 24.3 Å². The Morgan fingerprint density at radius 2 is 1.56 bits per heavy atom. The van der Waals surface area contributed by atoms with Gasteiger partial charge in [0.05, 0.1) is 6.26 Å². The van der Waals surface area contributed by atoms with Gasteiger partial charge in [-0.15, -0.1) is 0 Å². The van der Waals surface area contributed by atoms with Crippen molar-refractivity contribution in [1.82, 2.24) is 5.32 Å². The Morgan fingerprint density at radius 1 is 0.880 bits per heavy atom. The number of rotatable bonds is 5. The second kappa shape index (κ2) is 8.12. The molecule has 0 saturated heterocycles. The van der Waals surface area contributed by atoms with Gasteiger partial charge in [0.15, 0.2) is 10.9 Å². The molecule has 0 aliphatic carbocycles. The normalized spacial score (nSPS) is 10.1. The first-order valence-electron chi connectivity index (χ1n) is 7.74. The Kier molecular flexibility index (Phi) is 5.43. The maximum absolute atomic E-state index is 11.9. The van der Waals surface area contributed by atoms with E-state index in [0.717, 1.165) is 11.3 Å². The lowest BCUT2D eigenvalue weighted by molar-refractivity contribution is 0.0996. The number of hydrogen-bond acceptors (Lipinski definition) is 3. The van der Waals surface area contributed by atoms with Crippen LogP contribution in [0.5, 0.6) is 0 Å². The zero-order chi connectivity index (χ0) is 17.5. The lowest BCUT2D eigenvalue weighted by Gasteiger charge is -2.11. The van der Waals surface area contributed by atoms with Gasteiger partial charge in [-0.25, -0.2) is 0 Å². The van der Waals surface area contributed by atoms with Crippen molar-refractivity contribution in [2.45, 2.75) is 6.54 Å². The van der Waals surface area contributed by atoms with Crippen LogP contribution in [0.25, 0.3) is 0 Å². The predicted octanol–water partition coefficient (Wildman–Crippen LogP) is 4.02. The van der Waals surface area contributed by atoms with Crippen molar-refractivity contribution in [1.29, 1.82) is 0 Å². The molecule has 2 aromatic carbocycles. The van der Waals surface area contributed by atoms with Gasteiger partial charge in [-0.2, -0.15) is 0 Å². The van der Waals surface area contributed by atoms with Crippen LogP contribution in [0.15, 0.2) is 77.4 Å². The maximum Gasteiger partial charge on any atom is 0.291 e. The van der Waals surface area contributed by atoms with Gasteiger partial charge >= 0.3 is 0 Å². The van der Waals surface area contributed by atoms with Crippen LogP contribution in [-0.4, -0.2) is 11.0 Å². The van der Waals surface area contributed by atoms with Crippen LogP contribution >= 0.6 is 12.2 Å². The highest BCUT2D eigenvalue weighted by atomic mass is 32.1. The fraction of sp³-hybridized carbons (Fsp3) is 0.0526. The van der Waals surface area contributed by atoms with Crippen LogP contribution in [0, 0.1) is 0 Å². The highest BCUT2D eigenvalue weighted by Crippen LogP contribution is 2.15. The summed E-state index contributed by atoms with van der Waals surface area (Å²) in [6, 6.07) is 20.6. The van der Waals surface area contributed by atoms with Crippen LogP contribution in [-0.2, 0) is 6.54 Å². The van der Waals surface area contributed by atoms with Gasteiger partial charge in [-0.05, 0) is 54.2 Å². The van der Waals surface area contributed by atoms with Crippen molar-refractivity contribution in [3.8, 4) is 0 Å². The van der Waals surface area contributed by atoms with E-state index in [-0.39, 0.29) is 11.7 Å². The average Bonchev–Trinajstić information content (AvgIpc) is 3.17. The van der Waals surface area contributed by atoms with E-state index in [1.165, 1.54) is 6.26 Å². The van der Waals surface area contributed by atoms with Gasteiger partial charge in [0, 0.05) is 17.9 Å². The number of nitrogens with one attached hydrogen (secondary N) is 3. The number of anilines is 2. The number of amides is 1. The molecule has 126 valence electrons. The molecule has 0 saturated carbocycles. The summed E-state index contributed by atoms with van der Waals surface area (Å²) in [6.45, 7) is 0.657. The molecule has 0 aliphatic heterocycles. The maximum atomic E-state index is 11.9. The topological polar surface area (TPSA) is 66.3 Å². The first kappa shape index (κ1) is 16.7. The minimum absolute atomic E-state index is 0.272. The first-order valence-corrected chi connectivity index (χ1v) is 8.15. The molecule has 0 spiro atoms. The summed E-state index contributed by atoms with van der Waals surface area (Å²) in [6.07, 6.45) is 1.46. The molecule has 0 fully saturated rings. The van der Waals surface area contributed by atoms with Gasteiger partial charge < -0.3 is 20.4 Å². The molecule has 5 nitrogen and oxygen atoms in total. The molecule has 1 amide bonds. The SMILES string of the molecule is O=C(Nc1ccc(NC(=S)NCc2ccccc2)cc1)c1ccco1. The van der Waals surface area contributed by atoms with Gasteiger partial charge in [-0.1, -0.05) is 30.3 Å². The number of benzene rings is 2. The molecule has 3 N–H and O–H groups in total. The molecular formula is C19H17N3O2S. The Morgan fingerprint density at radius 3 is 2.20 bits per heavy atom. The Labute approximate surface area is 151 Å². The van der Waals surface area contributed by atoms with Crippen LogP contribution in [0.1, 0.15) is 16.1 Å². The third-order valence-corrected chi connectivity index (χ3v) is 3.69. The van der Waals surface area contributed by atoms with E-state index in [0.29, 0.717) is 17.3 Å². The molecule has 1 aromatic heterocycles. The molecule has 3 aromatic rings. The molecule has 0 unspecified atom stereocenters. The van der Waals surface area contributed by atoms with Gasteiger partial charge in [0.1, 0.15) is 0 Å². The monoisotopic (exact) mass is 351 g/mol. The number of carbonyl (C=O) groups is 1. The second-order valence-electron chi connectivity index (χ2n) is 5.30. The molecular weight excluding hydrogens is 334 g/mol. The highest BCUT2D eigenvalue weighted by Gasteiger charge is 2.08. The van der Waals surface area contributed by atoms with Gasteiger partial charge in [-0.3, -0.25) is 4.79 Å². The van der Waals surface area contributed by atoms with Gasteiger partial charge in [0.25, 0.3) is 5.91 Å². The second-order valence-corrected chi connectivity index (χ2v) is 5.71. The summed E-state index contributed by atoms with van der Waals surface area (Å²) in [4.78, 5) is 11.9. The van der Waals surface area contributed by atoms with E-state index < -0.39 is 0 Å². The van der Waals surface area contributed by atoms with Crippen LogP contribution in [0.3, 0.4) is 0 Å². The molecule has 25 heavy (non-hydrogen) atoms. The van der Waals surface area contributed by atoms with Crippen molar-refractivity contribution in [2.75, 3.05) is 10.6 Å².